The molecule has 0 aliphatic heterocycles. The van der Waals surface area contributed by atoms with Crippen molar-refractivity contribution in [3.8, 4) is 0 Å². The Bertz CT molecular complexity index is 381. The average molecular weight is 308 g/mol. The van der Waals surface area contributed by atoms with Gasteiger partial charge in [-0.05, 0) is 36.6 Å². The van der Waals surface area contributed by atoms with E-state index in [9.17, 15) is 9.18 Å². The zero-order valence-corrected chi connectivity index (χ0v) is 11.3. The van der Waals surface area contributed by atoms with Crippen LogP contribution in [0.25, 0.3) is 0 Å². The molecule has 0 heterocycles. The normalized spacial score (nSPS) is 12.5. The number of carbonyl (C=O) groups excluding carboxylic acids is 1. The Morgan fingerprint density at radius 2 is 2.25 bits per heavy atom. The van der Waals surface area contributed by atoms with Crippen molar-refractivity contribution in [1.29, 1.82) is 0 Å². The summed E-state index contributed by atoms with van der Waals surface area (Å²) in [5.74, 6) is -0.222. The fraction of sp³-hybridized carbons (Fsp3) is 0.417. The first-order valence-corrected chi connectivity index (χ1v) is 6.44. The summed E-state index contributed by atoms with van der Waals surface area (Å²) in [6, 6.07) is 4.38. The molecule has 88 valence electrons. The molecule has 0 N–H and O–H groups in total. The summed E-state index contributed by atoms with van der Waals surface area (Å²) < 4.78 is 13.4. The van der Waals surface area contributed by atoms with E-state index in [0.717, 1.165) is 6.42 Å². The first-order valence-electron chi connectivity index (χ1n) is 5.15. The average Bonchev–Trinajstić information content (AvgIpc) is 2.23. The smallest absolute Gasteiger partial charge is 0.146 e. The number of hydrogen-bond donors (Lipinski definition) is 0. The number of Topliss-reactive ketones (excluding diaryl/α,β-unsaturated/α-hetero) is 1. The van der Waals surface area contributed by atoms with Crippen LogP contribution in [0.15, 0.2) is 18.2 Å². The van der Waals surface area contributed by atoms with E-state index in [2.05, 4.69) is 15.9 Å². The van der Waals surface area contributed by atoms with E-state index in [1.807, 2.05) is 6.92 Å². The molecule has 0 aliphatic carbocycles. The number of alkyl halides is 1. The highest BCUT2D eigenvalue weighted by Crippen LogP contribution is 2.19. The fourth-order valence-electron chi connectivity index (χ4n) is 1.41. The fourth-order valence-corrected chi connectivity index (χ4v) is 2.18. The monoisotopic (exact) mass is 306 g/mol. The number of benzene rings is 1. The highest BCUT2D eigenvalue weighted by atomic mass is 79.9. The SMILES string of the molecule is CCCC(=O)C(Br)Cc1cc(Cl)ccc1F. The highest BCUT2D eigenvalue weighted by Gasteiger charge is 2.16. The number of hydrogen-bond acceptors (Lipinski definition) is 1. The van der Waals surface area contributed by atoms with Gasteiger partial charge in [-0.15, -0.1) is 0 Å². The van der Waals surface area contributed by atoms with E-state index < -0.39 is 0 Å². The molecule has 0 spiro atoms. The van der Waals surface area contributed by atoms with E-state index in [1.165, 1.54) is 12.1 Å². The molecular weight excluding hydrogens is 294 g/mol. The van der Waals surface area contributed by atoms with E-state index in [0.29, 0.717) is 23.4 Å². The van der Waals surface area contributed by atoms with Gasteiger partial charge in [-0.1, -0.05) is 34.5 Å². The molecule has 1 rings (SSSR count). The van der Waals surface area contributed by atoms with Crippen LogP contribution >= 0.6 is 27.5 Å². The van der Waals surface area contributed by atoms with Crippen LogP contribution in [-0.2, 0) is 11.2 Å². The summed E-state index contributed by atoms with van der Waals surface area (Å²) in [5.41, 5.74) is 0.471. The summed E-state index contributed by atoms with van der Waals surface area (Å²) in [6.45, 7) is 1.94. The minimum atomic E-state index is -0.333. The summed E-state index contributed by atoms with van der Waals surface area (Å²) in [7, 11) is 0. The molecule has 0 amide bonds. The number of rotatable bonds is 5. The Balaban J connectivity index is 2.72. The molecule has 0 aliphatic rings. The van der Waals surface area contributed by atoms with Crippen LogP contribution < -0.4 is 0 Å². The van der Waals surface area contributed by atoms with E-state index in [1.54, 1.807) is 6.07 Å². The van der Waals surface area contributed by atoms with Gasteiger partial charge in [0.1, 0.15) is 11.6 Å². The van der Waals surface area contributed by atoms with Gasteiger partial charge in [-0.2, -0.15) is 0 Å². The molecule has 0 saturated heterocycles. The standard InChI is InChI=1S/C12H13BrClFO/c1-2-3-12(16)10(13)7-8-6-9(14)4-5-11(8)15/h4-6,10H,2-3,7H2,1H3. The lowest BCUT2D eigenvalue weighted by Gasteiger charge is -2.09. The first-order chi connectivity index (χ1) is 7.54. The predicted molar refractivity (Wildman–Crippen MR) is 67.7 cm³/mol. The van der Waals surface area contributed by atoms with Crippen molar-refractivity contribution in [1.82, 2.24) is 0 Å². The van der Waals surface area contributed by atoms with Crippen LogP contribution in [0.5, 0.6) is 0 Å². The molecule has 1 aromatic carbocycles. The Hall–Kier alpha value is -0.410. The Morgan fingerprint density at radius 3 is 2.88 bits per heavy atom. The lowest BCUT2D eigenvalue weighted by Crippen LogP contribution is -2.16. The summed E-state index contributed by atoms with van der Waals surface area (Å²) in [4.78, 5) is 11.2. The third-order valence-electron chi connectivity index (χ3n) is 2.25. The Kier molecular flexibility index (Phi) is 5.42. The molecule has 0 aromatic heterocycles. The van der Waals surface area contributed by atoms with Crippen molar-refractivity contribution in [2.24, 2.45) is 0 Å². The van der Waals surface area contributed by atoms with Crippen LogP contribution in [0.3, 0.4) is 0 Å². The number of halogens is 3. The largest absolute Gasteiger partial charge is 0.298 e. The topological polar surface area (TPSA) is 17.1 Å². The van der Waals surface area contributed by atoms with Crippen molar-refractivity contribution < 1.29 is 9.18 Å². The van der Waals surface area contributed by atoms with E-state index >= 15 is 0 Å². The summed E-state index contributed by atoms with van der Waals surface area (Å²) in [6.07, 6.45) is 1.66. The molecule has 16 heavy (non-hydrogen) atoms. The second kappa shape index (κ2) is 6.36. The first kappa shape index (κ1) is 13.7. The molecule has 1 atom stereocenters. The van der Waals surface area contributed by atoms with Gasteiger partial charge < -0.3 is 0 Å². The van der Waals surface area contributed by atoms with Gasteiger partial charge in [0.05, 0.1) is 4.83 Å². The van der Waals surface area contributed by atoms with Crippen LogP contribution in [0.2, 0.25) is 5.02 Å². The Morgan fingerprint density at radius 1 is 1.56 bits per heavy atom. The maximum absolute atomic E-state index is 13.4. The van der Waals surface area contributed by atoms with Gasteiger partial charge in [0.25, 0.3) is 0 Å². The van der Waals surface area contributed by atoms with Gasteiger partial charge in [0, 0.05) is 11.4 Å². The van der Waals surface area contributed by atoms with Gasteiger partial charge in [0.2, 0.25) is 0 Å². The molecule has 4 heteroatoms. The molecule has 0 radical (unpaired) electrons. The molecule has 1 aromatic rings. The van der Waals surface area contributed by atoms with Gasteiger partial charge in [-0.25, -0.2) is 4.39 Å². The van der Waals surface area contributed by atoms with Crippen LogP contribution in [-0.4, -0.2) is 10.6 Å². The zero-order chi connectivity index (χ0) is 12.1. The second-order valence-corrected chi connectivity index (χ2v) is 5.17. The maximum Gasteiger partial charge on any atom is 0.146 e. The minimum absolute atomic E-state index is 0.0990. The maximum atomic E-state index is 13.4. The molecule has 1 nitrogen and oxygen atoms in total. The zero-order valence-electron chi connectivity index (χ0n) is 8.97. The third-order valence-corrected chi connectivity index (χ3v) is 3.32. The second-order valence-electron chi connectivity index (χ2n) is 3.62. The van der Waals surface area contributed by atoms with Crippen LogP contribution in [0, 0.1) is 5.82 Å². The van der Waals surface area contributed by atoms with E-state index in [4.69, 9.17) is 11.6 Å². The summed E-state index contributed by atoms with van der Waals surface area (Å²) in [5, 5.41) is 0.485. The number of carbonyl (C=O) groups is 1. The lowest BCUT2D eigenvalue weighted by atomic mass is 10.0. The minimum Gasteiger partial charge on any atom is -0.298 e. The van der Waals surface area contributed by atoms with Crippen molar-refractivity contribution >= 4 is 33.3 Å². The van der Waals surface area contributed by atoms with Crippen molar-refractivity contribution in [3.63, 3.8) is 0 Å². The molecule has 0 fully saturated rings. The van der Waals surface area contributed by atoms with Crippen molar-refractivity contribution in [2.75, 3.05) is 0 Å². The van der Waals surface area contributed by atoms with Crippen molar-refractivity contribution in [2.45, 2.75) is 31.0 Å². The highest BCUT2D eigenvalue weighted by molar-refractivity contribution is 9.10. The molecule has 1 unspecified atom stereocenters. The summed E-state index contributed by atoms with van der Waals surface area (Å²) >= 11 is 9.05. The molecular formula is C12H13BrClFO. The molecule has 0 bridgehead atoms. The quantitative estimate of drug-likeness (QED) is 0.747. The van der Waals surface area contributed by atoms with Gasteiger partial charge >= 0.3 is 0 Å². The lowest BCUT2D eigenvalue weighted by molar-refractivity contribution is -0.118. The molecule has 0 saturated carbocycles. The van der Waals surface area contributed by atoms with Crippen molar-refractivity contribution in [3.05, 3.63) is 34.6 Å². The third kappa shape index (κ3) is 3.87. The van der Waals surface area contributed by atoms with Crippen LogP contribution in [0.4, 0.5) is 4.39 Å². The predicted octanol–water partition coefficient (Wildman–Crippen LogP) is 4.15. The van der Waals surface area contributed by atoms with Gasteiger partial charge in [0.15, 0.2) is 0 Å². The van der Waals surface area contributed by atoms with E-state index in [-0.39, 0.29) is 16.4 Å². The Labute approximate surface area is 108 Å². The van der Waals surface area contributed by atoms with Crippen LogP contribution in [0.1, 0.15) is 25.3 Å². The number of ketones is 1. The van der Waals surface area contributed by atoms with Gasteiger partial charge in [-0.3, -0.25) is 4.79 Å².